The number of rotatable bonds is 6. The molecule has 1 aliphatic rings. The van der Waals surface area contributed by atoms with Crippen LogP contribution in [0.15, 0.2) is 115 Å². The van der Waals surface area contributed by atoms with Gasteiger partial charge in [0.1, 0.15) is 11.9 Å². The van der Waals surface area contributed by atoms with E-state index in [0.29, 0.717) is 22.4 Å². The Labute approximate surface area is 207 Å². The number of urea groups is 1. The molecule has 36 heavy (non-hydrogen) atoms. The first-order valence-electron chi connectivity index (χ1n) is 11.4. The van der Waals surface area contributed by atoms with Gasteiger partial charge in [0.25, 0.3) is 11.8 Å². The predicted molar refractivity (Wildman–Crippen MR) is 133 cm³/mol. The summed E-state index contributed by atoms with van der Waals surface area (Å²) < 4.78 is 13.4. The molecular formula is C29H22FN3O3. The highest BCUT2D eigenvalue weighted by atomic mass is 19.1. The standard InChI is InChI=1S/C29H22FN3O3/c30-23-16-18-24(19-17-23)31-26(34)25(20-10-4-1-5-11-20)33-27(35)29(32-28(33)36,21-12-6-2-7-13-21)22-14-8-3-9-15-22/h1-19,25H,(H,31,34)(H,32,36)/t25-/m0/s1. The second-order valence-electron chi connectivity index (χ2n) is 8.40. The second-order valence-corrected chi connectivity index (χ2v) is 8.40. The molecular weight excluding hydrogens is 457 g/mol. The van der Waals surface area contributed by atoms with E-state index in [-0.39, 0.29) is 0 Å². The van der Waals surface area contributed by atoms with Crippen molar-refractivity contribution >= 4 is 23.5 Å². The first kappa shape index (κ1) is 23.0. The Bertz CT molecular complexity index is 1350. The summed E-state index contributed by atoms with van der Waals surface area (Å²) in [7, 11) is 0. The summed E-state index contributed by atoms with van der Waals surface area (Å²) in [5.41, 5.74) is 0.429. The van der Waals surface area contributed by atoms with Crippen molar-refractivity contribution in [2.45, 2.75) is 11.6 Å². The fourth-order valence-electron chi connectivity index (χ4n) is 4.51. The van der Waals surface area contributed by atoms with Crippen molar-refractivity contribution in [2.24, 2.45) is 0 Å². The van der Waals surface area contributed by atoms with Gasteiger partial charge >= 0.3 is 6.03 Å². The molecule has 0 radical (unpaired) electrons. The fraction of sp³-hybridized carbons (Fsp3) is 0.0690. The van der Waals surface area contributed by atoms with Crippen LogP contribution in [0.4, 0.5) is 14.9 Å². The van der Waals surface area contributed by atoms with E-state index in [1.807, 2.05) is 12.1 Å². The van der Waals surface area contributed by atoms with Crippen molar-refractivity contribution in [1.82, 2.24) is 10.2 Å². The average molecular weight is 480 g/mol. The molecule has 1 aliphatic heterocycles. The molecule has 1 heterocycles. The maximum absolute atomic E-state index is 14.3. The van der Waals surface area contributed by atoms with E-state index in [1.54, 1.807) is 78.9 Å². The molecule has 1 saturated heterocycles. The highest BCUT2D eigenvalue weighted by Crippen LogP contribution is 2.39. The Morgan fingerprint density at radius 2 is 1.25 bits per heavy atom. The van der Waals surface area contributed by atoms with E-state index in [1.165, 1.54) is 24.3 Å². The van der Waals surface area contributed by atoms with Gasteiger partial charge in [-0.15, -0.1) is 0 Å². The largest absolute Gasteiger partial charge is 0.326 e. The van der Waals surface area contributed by atoms with Crippen molar-refractivity contribution in [2.75, 3.05) is 5.32 Å². The normalized spacial score (nSPS) is 15.3. The summed E-state index contributed by atoms with van der Waals surface area (Å²) >= 11 is 0. The number of anilines is 1. The third kappa shape index (κ3) is 4.01. The number of hydrogen-bond donors (Lipinski definition) is 2. The van der Waals surface area contributed by atoms with Crippen LogP contribution in [0.25, 0.3) is 0 Å². The number of carbonyl (C=O) groups is 3. The van der Waals surface area contributed by atoms with Gasteiger partial charge < -0.3 is 10.6 Å². The SMILES string of the molecule is O=C(Nc1ccc(F)cc1)[C@H](c1ccccc1)N1C(=O)NC(c2ccccc2)(c2ccccc2)C1=O. The Balaban J connectivity index is 1.61. The third-order valence-electron chi connectivity index (χ3n) is 6.20. The Morgan fingerprint density at radius 3 is 1.78 bits per heavy atom. The molecule has 4 amide bonds. The van der Waals surface area contributed by atoms with Gasteiger partial charge in [-0.25, -0.2) is 14.1 Å². The number of halogens is 1. The minimum atomic E-state index is -1.51. The maximum Gasteiger partial charge on any atom is 0.326 e. The van der Waals surface area contributed by atoms with Gasteiger partial charge in [0.2, 0.25) is 0 Å². The summed E-state index contributed by atoms with van der Waals surface area (Å²) in [4.78, 5) is 42.3. The molecule has 0 saturated carbocycles. The molecule has 5 rings (SSSR count). The molecule has 0 aliphatic carbocycles. The Morgan fingerprint density at radius 1 is 0.750 bits per heavy atom. The summed E-state index contributed by atoms with van der Waals surface area (Å²) in [5, 5.41) is 5.60. The fourth-order valence-corrected chi connectivity index (χ4v) is 4.51. The lowest BCUT2D eigenvalue weighted by molar-refractivity contribution is -0.136. The van der Waals surface area contributed by atoms with Crippen molar-refractivity contribution in [3.05, 3.63) is 138 Å². The van der Waals surface area contributed by atoms with Crippen molar-refractivity contribution < 1.29 is 18.8 Å². The monoisotopic (exact) mass is 479 g/mol. The zero-order valence-electron chi connectivity index (χ0n) is 19.1. The molecule has 1 fully saturated rings. The summed E-state index contributed by atoms with van der Waals surface area (Å²) in [6.45, 7) is 0. The zero-order chi connectivity index (χ0) is 25.1. The van der Waals surface area contributed by atoms with Gasteiger partial charge in [0.15, 0.2) is 5.54 Å². The minimum absolute atomic E-state index is 0.340. The van der Waals surface area contributed by atoms with Gasteiger partial charge in [-0.05, 0) is 41.0 Å². The molecule has 4 aromatic carbocycles. The van der Waals surface area contributed by atoms with Crippen LogP contribution in [-0.4, -0.2) is 22.7 Å². The van der Waals surface area contributed by atoms with Crippen LogP contribution in [-0.2, 0) is 15.1 Å². The van der Waals surface area contributed by atoms with Crippen LogP contribution in [0.2, 0.25) is 0 Å². The number of hydrogen-bond acceptors (Lipinski definition) is 3. The van der Waals surface area contributed by atoms with Gasteiger partial charge in [-0.2, -0.15) is 0 Å². The predicted octanol–water partition coefficient (Wildman–Crippen LogP) is 5.00. The van der Waals surface area contributed by atoms with Crippen LogP contribution < -0.4 is 10.6 Å². The van der Waals surface area contributed by atoms with Crippen LogP contribution in [0.1, 0.15) is 22.7 Å². The average Bonchev–Trinajstić information content (AvgIpc) is 3.18. The lowest BCUT2D eigenvalue weighted by Gasteiger charge is -2.30. The second kappa shape index (κ2) is 9.46. The number of benzene rings is 4. The Kier molecular flexibility index (Phi) is 6.04. The molecule has 0 bridgehead atoms. The van der Waals surface area contributed by atoms with Crippen LogP contribution in [0.5, 0.6) is 0 Å². The van der Waals surface area contributed by atoms with Crippen LogP contribution in [0, 0.1) is 5.82 Å². The van der Waals surface area contributed by atoms with Gasteiger partial charge in [0.05, 0.1) is 0 Å². The summed E-state index contributed by atoms with van der Waals surface area (Å²) in [5.74, 6) is -1.63. The number of nitrogens with one attached hydrogen (secondary N) is 2. The van der Waals surface area contributed by atoms with Crippen molar-refractivity contribution in [3.8, 4) is 0 Å². The summed E-state index contributed by atoms with van der Waals surface area (Å²) in [6, 6.07) is 29.8. The number of amides is 4. The van der Waals surface area contributed by atoms with E-state index in [9.17, 15) is 18.8 Å². The smallest absolute Gasteiger partial charge is 0.324 e. The molecule has 0 spiro atoms. The van der Waals surface area contributed by atoms with Gasteiger partial charge in [-0.3, -0.25) is 9.59 Å². The topological polar surface area (TPSA) is 78.5 Å². The lowest BCUT2D eigenvalue weighted by atomic mass is 9.82. The van der Waals surface area contributed by atoms with Gasteiger partial charge in [-0.1, -0.05) is 91.0 Å². The quantitative estimate of drug-likeness (QED) is 0.382. The Hall–Kier alpha value is -4.78. The van der Waals surface area contributed by atoms with E-state index < -0.39 is 35.2 Å². The molecule has 0 aromatic heterocycles. The lowest BCUT2D eigenvalue weighted by Crippen LogP contribution is -2.46. The molecule has 6 nitrogen and oxygen atoms in total. The van der Waals surface area contributed by atoms with E-state index in [2.05, 4.69) is 10.6 Å². The van der Waals surface area contributed by atoms with E-state index in [0.717, 1.165) is 4.90 Å². The number of imide groups is 1. The third-order valence-corrected chi connectivity index (χ3v) is 6.20. The summed E-state index contributed by atoms with van der Waals surface area (Å²) in [6.07, 6.45) is 0. The van der Waals surface area contributed by atoms with Crippen molar-refractivity contribution in [3.63, 3.8) is 0 Å². The molecule has 1 atom stereocenters. The molecule has 4 aromatic rings. The minimum Gasteiger partial charge on any atom is -0.324 e. The number of nitrogens with zero attached hydrogens (tertiary/aromatic N) is 1. The highest BCUT2D eigenvalue weighted by Gasteiger charge is 2.56. The van der Waals surface area contributed by atoms with E-state index >= 15 is 0 Å². The molecule has 2 N–H and O–H groups in total. The number of carbonyl (C=O) groups excluding carboxylic acids is 3. The molecule has 7 heteroatoms. The first-order chi connectivity index (χ1) is 17.5. The highest BCUT2D eigenvalue weighted by molar-refractivity contribution is 6.13. The van der Waals surface area contributed by atoms with Crippen LogP contribution >= 0.6 is 0 Å². The maximum atomic E-state index is 14.3. The first-order valence-corrected chi connectivity index (χ1v) is 11.4. The van der Waals surface area contributed by atoms with E-state index in [4.69, 9.17) is 0 Å². The van der Waals surface area contributed by atoms with Gasteiger partial charge in [0, 0.05) is 5.69 Å². The van der Waals surface area contributed by atoms with Crippen LogP contribution in [0.3, 0.4) is 0 Å². The molecule has 0 unspecified atom stereocenters. The molecule has 178 valence electrons. The zero-order valence-corrected chi connectivity index (χ0v) is 19.1. The van der Waals surface area contributed by atoms with Crippen molar-refractivity contribution in [1.29, 1.82) is 0 Å².